The van der Waals surface area contributed by atoms with Gasteiger partial charge in [0.1, 0.15) is 6.10 Å². The second-order valence-corrected chi connectivity index (χ2v) is 3.50. The maximum atomic E-state index is 9.67. The highest BCUT2D eigenvalue weighted by molar-refractivity contribution is 5.53. The summed E-state index contributed by atoms with van der Waals surface area (Å²) in [6.07, 6.45) is -0.196. The van der Waals surface area contributed by atoms with E-state index in [-0.39, 0.29) is 0 Å². The zero-order valence-electron chi connectivity index (χ0n) is 8.80. The summed E-state index contributed by atoms with van der Waals surface area (Å²) in [5.74, 6) is 1.05. The Balaban J connectivity index is 2.20. The van der Waals surface area contributed by atoms with Crippen LogP contribution < -0.4 is 5.73 Å². The number of nitrogens with zero attached hydrogens (tertiary/aromatic N) is 2. The molecular weight excluding hydrogens is 204 g/mol. The van der Waals surface area contributed by atoms with Crippen molar-refractivity contribution in [1.29, 1.82) is 0 Å². The second-order valence-electron chi connectivity index (χ2n) is 3.50. The van der Waals surface area contributed by atoms with Crippen molar-refractivity contribution in [3.8, 4) is 11.4 Å². The summed E-state index contributed by atoms with van der Waals surface area (Å²) in [6, 6.07) is 9.61. The van der Waals surface area contributed by atoms with Gasteiger partial charge in [0.25, 0.3) is 0 Å². The van der Waals surface area contributed by atoms with Crippen molar-refractivity contribution in [2.24, 2.45) is 5.73 Å². The number of nitrogens with one attached hydrogen (secondary N) is 1. The summed E-state index contributed by atoms with van der Waals surface area (Å²) >= 11 is 0. The molecule has 0 unspecified atom stereocenters. The van der Waals surface area contributed by atoms with Crippen LogP contribution in [0.3, 0.4) is 0 Å². The van der Waals surface area contributed by atoms with Crippen LogP contribution in [0.15, 0.2) is 30.3 Å². The topological polar surface area (TPSA) is 87.8 Å². The third-order valence-corrected chi connectivity index (χ3v) is 2.29. The van der Waals surface area contributed by atoms with Crippen LogP contribution in [0.5, 0.6) is 0 Å². The molecule has 5 nitrogen and oxygen atoms in total. The van der Waals surface area contributed by atoms with Gasteiger partial charge in [0.2, 0.25) is 0 Å². The highest BCUT2D eigenvalue weighted by Gasteiger charge is 2.12. The molecule has 0 saturated carbocycles. The van der Waals surface area contributed by atoms with Crippen LogP contribution in [0.25, 0.3) is 11.4 Å². The number of hydrogen-bond acceptors (Lipinski definition) is 4. The van der Waals surface area contributed by atoms with Crippen LogP contribution in [0.2, 0.25) is 0 Å². The lowest BCUT2D eigenvalue weighted by Gasteiger charge is -2.03. The van der Waals surface area contributed by atoms with Crippen molar-refractivity contribution in [2.45, 2.75) is 12.5 Å². The molecule has 0 saturated heterocycles. The molecule has 1 atom stereocenters. The summed E-state index contributed by atoms with van der Waals surface area (Å²) in [5, 5.41) is 16.4. The van der Waals surface area contributed by atoms with Gasteiger partial charge in [-0.2, -0.15) is 5.10 Å². The number of nitrogens with two attached hydrogens (primary N) is 1. The smallest absolute Gasteiger partial charge is 0.181 e. The summed E-state index contributed by atoms with van der Waals surface area (Å²) in [6.45, 7) is 0.419. The first-order chi connectivity index (χ1) is 7.81. The molecule has 0 fully saturated rings. The maximum Gasteiger partial charge on any atom is 0.181 e. The normalized spacial score (nSPS) is 12.6. The standard InChI is InChI=1S/C11H14N4O/c12-7-6-9(16)11-13-10(14-15-11)8-4-2-1-3-5-8/h1-5,9,16H,6-7,12H2,(H,13,14,15)/t9-/m0/s1. The Hall–Kier alpha value is -1.72. The Labute approximate surface area is 93.3 Å². The Morgan fingerprint density at radius 2 is 2.06 bits per heavy atom. The fourth-order valence-corrected chi connectivity index (χ4v) is 1.43. The number of rotatable bonds is 4. The Kier molecular flexibility index (Phi) is 3.28. The number of aromatic nitrogens is 3. The molecular formula is C11H14N4O. The van der Waals surface area contributed by atoms with Crippen LogP contribution in [0, 0.1) is 0 Å². The number of aliphatic hydroxyl groups excluding tert-OH is 1. The first kappa shape index (κ1) is 10.8. The van der Waals surface area contributed by atoms with Gasteiger partial charge in [-0.05, 0) is 13.0 Å². The first-order valence-electron chi connectivity index (χ1n) is 5.17. The summed E-state index contributed by atoms with van der Waals surface area (Å²) < 4.78 is 0. The van der Waals surface area contributed by atoms with E-state index in [9.17, 15) is 5.11 Å². The summed E-state index contributed by atoms with van der Waals surface area (Å²) in [4.78, 5) is 4.23. The fraction of sp³-hybridized carbons (Fsp3) is 0.273. The van der Waals surface area contributed by atoms with Gasteiger partial charge in [-0.3, -0.25) is 5.10 Å². The molecule has 5 heteroatoms. The van der Waals surface area contributed by atoms with Gasteiger partial charge in [0, 0.05) is 5.56 Å². The molecule has 0 aliphatic carbocycles. The molecule has 0 radical (unpaired) electrons. The van der Waals surface area contributed by atoms with Crippen LogP contribution in [0.4, 0.5) is 0 Å². The van der Waals surface area contributed by atoms with Gasteiger partial charge >= 0.3 is 0 Å². The number of aliphatic hydroxyl groups is 1. The predicted octanol–water partition coefficient (Wildman–Crippen LogP) is 0.854. The lowest BCUT2D eigenvalue weighted by Crippen LogP contribution is -2.07. The van der Waals surface area contributed by atoms with Gasteiger partial charge in [0.05, 0.1) is 0 Å². The lowest BCUT2D eigenvalue weighted by atomic mass is 10.2. The molecule has 1 aromatic carbocycles. The van der Waals surface area contributed by atoms with Crippen molar-refractivity contribution < 1.29 is 5.11 Å². The molecule has 16 heavy (non-hydrogen) atoms. The first-order valence-corrected chi connectivity index (χ1v) is 5.17. The maximum absolute atomic E-state index is 9.67. The fourth-order valence-electron chi connectivity index (χ4n) is 1.43. The minimum Gasteiger partial charge on any atom is -0.385 e. The molecule has 2 rings (SSSR count). The second kappa shape index (κ2) is 4.87. The zero-order chi connectivity index (χ0) is 11.4. The Morgan fingerprint density at radius 1 is 1.31 bits per heavy atom. The third-order valence-electron chi connectivity index (χ3n) is 2.29. The number of benzene rings is 1. The largest absolute Gasteiger partial charge is 0.385 e. The summed E-state index contributed by atoms with van der Waals surface area (Å²) in [5.41, 5.74) is 6.28. The molecule has 0 amide bonds. The Morgan fingerprint density at radius 3 is 2.75 bits per heavy atom. The van der Waals surface area contributed by atoms with E-state index in [1.165, 1.54) is 0 Å². The molecule has 0 bridgehead atoms. The zero-order valence-corrected chi connectivity index (χ0v) is 8.80. The molecule has 1 heterocycles. The highest BCUT2D eigenvalue weighted by Crippen LogP contribution is 2.17. The van der Waals surface area contributed by atoms with E-state index in [4.69, 9.17) is 5.73 Å². The molecule has 0 aliphatic heterocycles. The molecule has 0 aliphatic rings. The molecule has 1 aromatic heterocycles. The SMILES string of the molecule is NCC[C@H](O)c1nc(-c2ccccc2)n[nH]1. The lowest BCUT2D eigenvalue weighted by molar-refractivity contribution is 0.161. The van der Waals surface area contributed by atoms with Gasteiger partial charge in [-0.1, -0.05) is 30.3 Å². The van der Waals surface area contributed by atoms with Crippen molar-refractivity contribution in [3.63, 3.8) is 0 Å². The summed E-state index contributed by atoms with van der Waals surface area (Å²) in [7, 11) is 0. The monoisotopic (exact) mass is 218 g/mol. The van der Waals surface area contributed by atoms with Crippen molar-refractivity contribution in [1.82, 2.24) is 15.2 Å². The van der Waals surface area contributed by atoms with Crippen LogP contribution in [-0.4, -0.2) is 26.8 Å². The molecule has 2 aromatic rings. The quantitative estimate of drug-likeness (QED) is 0.710. The van der Waals surface area contributed by atoms with E-state index in [0.717, 1.165) is 5.56 Å². The van der Waals surface area contributed by atoms with Crippen LogP contribution in [0.1, 0.15) is 18.3 Å². The van der Waals surface area contributed by atoms with Crippen LogP contribution in [-0.2, 0) is 0 Å². The van der Waals surface area contributed by atoms with E-state index in [2.05, 4.69) is 15.2 Å². The molecule has 4 N–H and O–H groups in total. The minimum atomic E-state index is -0.671. The number of H-pyrrole nitrogens is 1. The number of aromatic amines is 1. The average Bonchev–Trinajstić information content (AvgIpc) is 2.80. The van der Waals surface area contributed by atoms with Crippen molar-refractivity contribution >= 4 is 0 Å². The van der Waals surface area contributed by atoms with Gasteiger partial charge in [-0.15, -0.1) is 0 Å². The van der Waals surface area contributed by atoms with Crippen molar-refractivity contribution in [2.75, 3.05) is 6.54 Å². The van der Waals surface area contributed by atoms with Gasteiger partial charge in [-0.25, -0.2) is 4.98 Å². The predicted molar refractivity (Wildman–Crippen MR) is 60.4 cm³/mol. The Bertz CT molecular complexity index is 440. The number of hydrogen-bond donors (Lipinski definition) is 3. The minimum absolute atomic E-state index is 0.419. The van der Waals surface area contributed by atoms with E-state index in [1.54, 1.807) is 0 Å². The van der Waals surface area contributed by atoms with E-state index in [0.29, 0.717) is 24.6 Å². The van der Waals surface area contributed by atoms with E-state index in [1.807, 2.05) is 30.3 Å². The molecule has 0 spiro atoms. The van der Waals surface area contributed by atoms with Crippen molar-refractivity contribution in [3.05, 3.63) is 36.2 Å². The van der Waals surface area contributed by atoms with Gasteiger partial charge in [0.15, 0.2) is 11.6 Å². The highest BCUT2D eigenvalue weighted by atomic mass is 16.3. The van der Waals surface area contributed by atoms with E-state index < -0.39 is 6.10 Å². The third kappa shape index (κ3) is 2.26. The average molecular weight is 218 g/mol. The van der Waals surface area contributed by atoms with Crippen LogP contribution >= 0.6 is 0 Å². The van der Waals surface area contributed by atoms with Gasteiger partial charge < -0.3 is 10.8 Å². The molecule has 84 valence electrons. The van der Waals surface area contributed by atoms with E-state index >= 15 is 0 Å².